The first kappa shape index (κ1) is 25.5. The van der Waals surface area contributed by atoms with E-state index in [-0.39, 0.29) is 11.3 Å². The number of ether oxygens (including phenoxy) is 1. The van der Waals surface area contributed by atoms with Gasteiger partial charge in [0.15, 0.2) is 5.92 Å². The maximum Gasteiger partial charge on any atom is 0.406 e. The third-order valence-corrected chi connectivity index (χ3v) is 5.01. The number of alkyl halides is 6. The number of pyridine rings is 1. The Bertz CT molecular complexity index is 950. The van der Waals surface area contributed by atoms with Crippen molar-refractivity contribution in [2.75, 3.05) is 5.32 Å². The summed E-state index contributed by atoms with van der Waals surface area (Å²) in [7, 11) is 1.63. The smallest absolute Gasteiger partial charge is 0.406 e. The number of carbonyl (C=O) groups is 1. The predicted molar refractivity (Wildman–Crippen MR) is 105 cm³/mol. The van der Waals surface area contributed by atoms with Gasteiger partial charge in [-0.05, 0) is 38.8 Å². The summed E-state index contributed by atoms with van der Waals surface area (Å²) in [4.78, 5) is 16.3. The molecule has 0 saturated carbocycles. The van der Waals surface area contributed by atoms with Gasteiger partial charge in [-0.25, -0.2) is 4.98 Å². The van der Waals surface area contributed by atoms with Crippen LogP contribution in [0, 0.1) is 13.8 Å². The Morgan fingerprint density at radius 3 is 2.09 bits per heavy atom. The first-order valence-electron chi connectivity index (χ1n) is 9.83. The maximum atomic E-state index is 13.2. The molecule has 2 aromatic heterocycles. The molecule has 32 heavy (non-hydrogen) atoms. The molecule has 1 N–H and O–H groups in total. The number of nitrogens with one attached hydrogen (secondary N) is 1. The Balaban J connectivity index is 2.54. The van der Waals surface area contributed by atoms with E-state index in [1.165, 1.54) is 4.68 Å². The van der Waals surface area contributed by atoms with Crippen LogP contribution >= 0.6 is 0 Å². The average Bonchev–Trinajstić information content (AvgIpc) is 2.91. The number of rotatable bonds is 7. The molecule has 2 aromatic rings. The normalized spacial score (nSPS) is 12.5. The van der Waals surface area contributed by atoms with Crippen molar-refractivity contribution < 1.29 is 35.9 Å². The summed E-state index contributed by atoms with van der Waals surface area (Å²) in [6.45, 7) is 6.73. The van der Waals surface area contributed by atoms with Gasteiger partial charge in [0.05, 0.1) is 17.0 Å². The van der Waals surface area contributed by atoms with E-state index < -0.39 is 41.9 Å². The van der Waals surface area contributed by atoms with E-state index in [2.05, 4.69) is 15.4 Å². The van der Waals surface area contributed by atoms with E-state index in [1.807, 2.05) is 0 Å². The largest absolute Gasteiger partial charge is 0.473 e. The highest BCUT2D eigenvalue weighted by atomic mass is 19.4. The first-order chi connectivity index (χ1) is 14.7. The lowest BCUT2D eigenvalue weighted by molar-refractivity contribution is -0.254. The Morgan fingerprint density at radius 1 is 1.09 bits per heavy atom. The van der Waals surface area contributed by atoms with Crippen LogP contribution in [0.25, 0.3) is 0 Å². The van der Waals surface area contributed by atoms with E-state index in [9.17, 15) is 31.1 Å². The van der Waals surface area contributed by atoms with Gasteiger partial charge in [-0.1, -0.05) is 13.8 Å². The van der Waals surface area contributed by atoms with Crippen molar-refractivity contribution in [1.82, 2.24) is 14.8 Å². The van der Waals surface area contributed by atoms with Crippen molar-refractivity contribution in [1.29, 1.82) is 0 Å². The summed E-state index contributed by atoms with van der Waals surface area (Å²) in [6.07, 6.45) is -10.9. The molecule has 0 aliphatic carbocycles. The number of anilines is 1. The molecule has 0 saturated heterocycles. The minimum atomic E-state index is -5.61. The minimum absolute atomic E-state index is 0.142. The van der Waals surface area contributed by atoms with Gasteiger partial charge in [0, 0.05) is 12.7 Å². The summed E-state index contributed by atoms with van der Waals surface area (Å²) in [6, 6.07) is 1.52. The van der Waals surface area contributed by atoms with Crippen LogP contribution in [-0.2, 0) is 7.05 Å². The van der Waals surface area contributed by atoms with Crippen molar-refractivity contribution in [2.45, 2.75) is 64.9 Å². The van der Waals surface area contributed by atoms with Gasteiger partial charge in [-0.15, -0.1) is 0 Å². The highest BCUT2D eigenvalue weighted by Gasteiger charge is 2.58. The van der Waals surface area contributed by atoms with E-state index >= 15 is 0 Å². The molecule has 0 aliphatic heterocycles. The van der Waals surface area contributed by atoms with Crippen LogP contribution in [0.5, 0.6) is 5.88 Å². The van der Waals surface area contributed by atoms with Gasteiger partial charge in [0.2, 0.25) is 5.88 Å². The summed E-state index contributed by atoms with van der Waals surface area (Å²) >= 11 is 0. The van der Waals surface area contributed by atoms with Crippen LogP contribution in [0.1, 0.15) is 60.0 Å². The van der Waals surface area contributed by atoms with Gasteiger partial charge >= 0.3 is 12.4 Å². The second kappa shape index (κ2) is 9.37. The molecule has 0 aromatic carbocycles. The lowest BCUT2D eigenvalue weighted by Gasteiger charge is -2.24. The van der Waals surface area contributed by atoms with Gasteiger partial charge in [0.1, 0.15) is 11.8 Å². The van der Waals surface area contributed by atoms with Crippen molar-refractivity contribution in [3.05, 3.63) is 34.8 Å². The van der Waals surface area contributed by atoms with Crippen LogP contribution in [-0.4, -0.2) is 39.1 Å². The molecular formula is C20H24F6N4O2. The Hall–Kier alpha value is -2.79. The topological polar surface area (TPSA) is 69.0 Å². The number of nitrogens with zero attached hydrogens (tertiary/aromatic N) is 3. The number of hydrogen-bond donors (Lipinski definition) is 1. The van der Waals surface area contributed by atoms with E-state index in [1.54, 1.807) is 34.7 Å². The predicted octanol–water partition coefficient (Wildman–Crippen LogP) is 5.46. The lowest BCUT2D eigenvalue weighted by atomic mass is 10.0. The molecule has 0 spiro atoms. The van der Waals surface area contributed by atoms with Crippen molar-refractivity contribution in [3.8, 4) is 5.88 Å². The fourth-order valence-electron chi connectivity index (χ4n) is 3.22. The Labute approximate surface area is 181 Å². The van der Waals surface area contributed by atoms with E-state index in [0.29, 0.717) is 30.3 Å². The van der Waals surface area contributed by atoms with Gasteiger partial charge in [-0.3, -0.25) is 9.48 Å². The highest BCUT2D eigenvalue weighted by molar-refractivity contribution is 6.06. The number of aryl methyl sites for hydroxylation is 2. The molecule has 178 valence electrons. The third-order valence-electron chi connectivity index (χ3n) is 5.01. The number of aromatic nitrogens is 3. The lowest BCUT2D eigenvalue weighted by Crippen LogP contribution is -2.35. The van der Waals surface area contributed by atoms with Gasteiger partial charge < -0.3 is 10.1 Å². The summed E-state index contributed by atoms with van der Waals surface area (Å²) in [5.74, 6) is -4.94. The second-order valence-corrected chi connectivity index (χ2v) is 7.28. The zero-order valence-corrected chi connectivity index (χ0v) is 18.1. The minimum Gasteiger partial charge on any atom is -0.473 e. The molecule has 0 aliphatic rings. The number of hydrogen-bond acceptors (Lipinski definition) is 4. The fourth-order valence-corrected chi connectivity index (χ4v) is 3.22. The van der Waals surface area contributed by atoms with Crippen molar-refractivity contribution in [3.63, 3.8) is 0 Å². The molecule has 2 heterocycles. The van der Waals surface area contributed by atoms with E-state index in [4.69, 9.17) is 4.74 Å². The quantitative estimate of drug-likeness (QED) is 0.551. The molecule has 6 nitrogen and oxygen atoms in total. The molecule has 0 radical (unpaired) electrons. The fraction of sp³-hybridized carbons (Fsp3) is 0.550. The van der Waals surface area contributed by atoms with Crippen LogP contribution in [0.15, 0.2) is 12.1 Å². The highest BCUT2D eigenvalue weighted by Crippen LogP contribution is 2.46. The monoisotopic (exact) mass is 466 g/mol. The number of halogens is 6. The van der Waals surface area contributed by atoms with Crippen LogP contribution in [0.3, 0.4) is 0 Å². The standard InChI is InChI=1S/C20H24F6N4O2/c1-6-12(7-2)32-18-14(27-17(31)15-10(3)29-30(5)11(15)4)9-8-13(28-18)16(19(21,22)23)20(24,25)26/h8-9,12,16H,6-7H2,1-5H3,(H,27,31). The molecule has 0 bridgehead atoms. The first-order valence-corrected chi connectivity index (χ1v) is 9.83. The average molecular weight is 466 g/mol. The molecule has 2 rings (SSSR count). The molecule has 0 unspecified atom stereocenters. The zero-order valence-electron chi connectivity index (χ0n) is 18.1. The number of carbonyl (C=O) groups excluding carboxylic acids is 1. The van der Waals surface area contributed by atoms with Crippen LogP contribution in [0.4, 0.5) is 32.0 Å². The number of amides is 1. The second-order valence-electron chi connectivity index (χ2n) is 7.28. The molecule has 12 heteroatoms. The van der Waals surface area contributed by atoms with Gasteiger partial charge in [-0.2, -0.15) is 31.4 Å². The zero-order chi connectivity index (χ0) is 24.4. The van der Waals surface area contributed by atoms with Crippen molar-refractivity contribution >= 4 is 11.6 Å². The van der Waals surface area contributed by atoms with Crippen LogP contribution < -0.4 is 10.1 Å². The van der Waals surface area contributed by atoms with Crippen LogP contribution in [0.2, 0.25) is 0 Å². The molecular weight excluding hydrogens is 442 g/mol. The Morgan fingerprint density at radius 2 is 1.66 bits per heavy atom. The Kier molecular flexibility index (Phi) is 7.46. The SMILES string of the molecule is CCC(CC)Oc1nc(C(C(F)(F)F)C(F)(F)F)ccc1NC(=O)c1c(C)nn(C)c1C. The molecule has 0 fully saturated rings. The third kappa shape index (κ3) is 5.52. The summed E-state index contributed by atoms with van der Waals surface area (Å²) in [5, 5.41) is 6.60. The van der Waals surface area contributed by atoms with E-state index in [0.717, 1.165) is 6.07 Å². The molecule has 0 atom stereocenters. The van der Waals surface area contributed by atoms with Crippen molar-refractivity contribution in [2.24, 2.45) is 7.05 Å². The molecule has 1 amide bonds. The summed E-state index contributed by atoms with van der Waals surface area (Å²) in [5.41, 5.74) is -0.243. The maximum absolute atomic E-state index is 13.2. The summed E-state index contributed by atoms with van der Waals surface area (Å²) < 4.78 is 86.1. The van der Waals surface area contributed by atoms with Gasteiger partial charge in [0.25, 0.3) is 5.91 Å².